The van der Waals surface area contributed by atoms with Crippen molar-refractivity contribution in [1.29, 1.82) is 0 Å². The summed E-state index contributed by atoms with van der Waals surface area (Å²) in [6.07, 6.45) is 2.73. The molecule has 0 amide bonds. The average Bonchev–Trinajstić information content (AvgIpc) is 2.71. The molecule has 2 aromatic heterocycles. The Bertz CT molecular complexity index is 381. The molecule has 0 aliphatic carbocycles. The summed E-state index contributed by atoms with van der Waals surface area (Å²) < 4.78 is 0. The minimum absolute atomic E-state index is 0.537. The predicted molar refractivity (Wildman–Crippen MR) is 46.8 cm³/mol. The van der Waals surface area contributed by atoms with Gasteiger partial charge in [-0.25, -0.2) is 0 Å². The zero-order chi connectivity index (χ0) is 9.10. The molecular weight excluding hydrogens is 166 g/mol. The number of H-pyrrole nitrogens is 1. The molecule has 2 heterocycles. The summed E-state index contributed by atoms with van der Waals surface area (Å²) >= 11 is 0. The van der Waals surface area contributed by atoms with Crippen LogP contribution in [0.1, 0.15) is 12.5 Å². The Morgan fingerprint density at radius 1 is 1.46 bits per heavy atom. The van der Waals surface area contributed by atoms with Crippen LogP contribution in [0.4, 0.5) is 0 Å². The third-order valence-corrected chi connectivity index (χ3v) is 1.81. The SMILES string of the molecule is CCc1ccnc(-c2nn[nH]n2)c1. The molecule has 0 unspecified atom stereocenters. The van der Waals surface area contributed by atoms with Gasteiger partial charge in [0.05, 0.1) is 0 Å². The van der Waals surface area contributed by atoms with Crippen molar-refractivity contribution in [2.24, 2.45) is 0 Å². The molecule has 0 spiro atoms. The normalized spacial score (nSPS) is 10.2. The summed E-state index contributed by atoms with van der Waals surface area (Å²) in [7, 11) is 0. The maximum Gasteiger partial charge on any atom is 0.222 e. The van der Waals surface area contributed by atoms with E-state index in [1.807, 2.05) is 12.1 Å². The molecule has 0 bridgehead atoms. The van der Waals surface area contributed by atoms with E-state index in [4.69, 9.17) is 0 Å². The first kappa shape index (κ1) is 7.85. The molecule has 2 aromatic rings. The molecule has 0 radical (unpaired) electrons. The van der Waals surface area contributed by atoms with Crippen LogP contribution < -0.4 is 0 Å². The van der Waals surface area contributed by atoms with Gasteiger partial charge >= 0.3 is 0 Å². The lowest BCUT2D eigenvalue weighted by Gasteiger charge is -1.96. The minimum Gasteiger partial charge on any atom is -0.253 e. The minimum atomic E-state index is 0.537. The van der Waals surface area contributed by atoms with Gasteiger partial charge in [-0.15, -0.1) is 10.2 Å². The van der Waals surface area contributed by atoms with Crippen LogP contribution in [0.2, 0.25) is 0 Å². The Kier molecular flexibility index (Phi) is 1.99. The molecule has 0 atom stereocenters. The van der Waals surface area contributed by atoms with E-state index >= 15 is 0 Å². The van der Waals surface area contributed by atoms with Crippen LogP contribution in [-0.2, 0) is 6.42 Å². The largest absolute Gasteiger partial charge is 0.253 e. The Morgan fingerprint density at radius 2 is 2.38 bits per heavy atom. The van der Waals surface area contributed by atoms with Gasteiger partial charge in [0.2, 0.25) is 5.82 Å². The second-order valence-corrected chi connectivity index (χ2v) is 2.64. The summed E-state index contributed by atoms with van der Waals surface area (Å²) in [5, 5.41) is 13.6. The fourth-order valence-electron chi connectivity index (χ4n) is 1.09. The summed E-state index contributed by atoms with van der Waals surface area (Å²) in [5.74, 6) is 0.537. The molecule has 5 heteroatoms. The first-order valence-corrected chi connectivity index (χ1v) is 4.09. The zero-order valence-corrected chi connectivity index (χ0v) is 7.23. The number of rotatable bonds is 2. The van der Waals surface area contributed by atoms with Gasteiger partial charge in [0.25, 0.3) is 0 Å². The molecule has 1 N–H and O–H groups in total. The van der Waals surface area contributed by atoms with Crippen molar-refractivity contribution in [3.63, 3.8) is 0 Å². The Labute approximate surface area is 75.2 Å². The molecule has 0 aliphatic heterocycles. The van der Waals surface area contributed by atoms with E-state index in [1.165, 1.54) is 5.56 Å². The van der Waals surface area contributed by atoms with Crippen LogP contribution in [0.5, 0.6) is 0 Å². The molecule has 2 rings (SSSR count). The fraction of sp³-hybridized carbons (Fsp3) is 0.250. The van der Waals surface area contributed by atoms with Crippen molar-refractivity contribution in [3.8, 4) is 11.5 Å². The smallest absolute Gasteiger partial charge is 0.222 e. The van der Waals surface area contributed by atoms with Crippen LogP contribution in [-0.4, -0.2) is 25.6 Å². The first-order valence-electron chi connectivity index (χ1n) is 4.09. The van der Waals surface area contributed by atoms with E-state index in [0.29, 0.717) is 5.82 Å². The lowest BCUT2D eigenvalue weighted by molar-refractivity contribution is 0.881. The van der Waals surface area contributed by atoms with E-state index in [1.54, 1.807) is 6.20 Å². The van der Waals surface area contributed by atoms with Crippen molar-refractivity contribution < 1.29 is 0 Å². The quantitative estimate of drug-likeness (QED) is 0.733. The molecule has 0 aromatic carbocycles. The second kappa shape index (κ2) is 3.30. The number of hydrogen-bond acceptors (Lipinski definition) is 4. The van der Waals surface area contributed by atoms with Crippen molar-refractivity contribution in [2.75, 3.05) is 0 Å². The molecule has 0 saturated carbocycles. The highest BCUT2D eigenvalue weighted by Crippen LogP contribution is 2.11. The van der Waals surface area contributed by atoms with E-state index in [-0.39, 0.29) is 0 Å². The Hall–Kier alpha value is -1.78. The molecule has 0 aliphatic rings. The number of nitrogens with one attached hydrogen (secondary N) is 1. The van der Waals surface area contributed by atoms with Gasteiger partial charge in [0.1, 0.15) is 5.69 Å². The molecule has 13 heavy (non-hydrogen) atoms. The summed E-state index contributed by atoms with van der Waals surface area (Å²) in [6.45, 7) is 2.09. The maximum atomic E-state index is 4.14. The monoisotopic (exact) mass is 175 g/mol. The van der Waals surface area contributed by atoms with Gasteiger partial charge in [0.15, 0.2) is 0 Å². The standard InChI is InChI=1S/C8H9N5/c1-2-6-3-4-9-7(5-6)8-10-12-13-11-8/h3-5H,2H2,1H3,(H,10,11,12,13). The number of aromatic nitrogens is 5. The highest BCUT2D eigenvalue weighted by molar-refractivity contribution is 5.48. The fourth-order valence-corrected chi connectivity index (χ4v) is 1.09. The lowest BCUT2D eigenvalue weighted by atomic mass is 10.2. The number of tetrazole rings is 1. The Balaban J connectivity index is 2.41. The van der Waals surface area contributed by atoms with Crippen LogP contribution in [0.25, 0.3) is 11.5 Å². The topological polar surface area (TPSA) is 67.3 Å². The Morgan fingerprint density at radius 3 is 3.08 bits per heavy atom. The molecule has 66 valence electrons. The van der Waals surface area contributed by atoms with E-state index in [0.717, 1.165) is 12.1 Å². The van der Waals surface area contributed by atoms with Crippen molar-refractivity contribution >= 4 is 0 Å². The number of hydrogen-bond donors (Lipinski definition) is 1. The van der Waals surface area contributed by atoms with Gasteiger partial charge in [-0.1, -0.05) is 6.92 Å². The van der Waals surface area contributed by atoms with Crippen molar-refractivity contribution in [1.82, 2.24) is 25.6 Å². The van der Waals surface area contributed by atoms with E-state index in [9.17, 15) is 0 Å². The van der Waals surface area contributed by atoms with E-state index < -0.39 is 0 Å². The van der Waals surface area contributed by atoms with Gasteiger partial charge in [0, 0.05) is 6.20 Å². The van der Waals surface area contributed by atoms with E-state index in [2.05, 4.69) is 32.5 Å². The predicted octanol–water partition coefficient (Wildman–Crippen LogP) is 0.824. The third kappa shape index (κ3) is 1.53. The van der Waals surface area contributed by atoms with Gasteiger partial charge in [-0.2, -0.15) is 5.21 Å². The van der Waals surface area contributed by atoms with Gasteiger partial charge in [-0.3, -0.25) is 4.98 Å². The van der Waals surface area contributed by atoms with Crippen LogP contribution in [0.3, 0.4) is 0 Å². The molecular formula is C8H9N5. The zero-order valence-electron chi connectivity index (χ0n) is 7.23. The van der Waals surface area contributed by atoms with Crippen LogP contribution in [0.15, 0.2) is 18.3 Å². The lowest BCUT2D eigenvalue weighted by Crippen LogP contribution is -1.88. The molecule has 0 saturated heterocycles. The summed E-state index contributed by atoms with van der Waals surface area (Å²) in [5.41, 5.74) is 1.97. The first-order chi connectivity index (χ1) is 6.40. The molecule has 5 nitrogen and oxygen atoms in total. The summed E-state index contributed by atoms with van der Waals surface area (Å²) in [4.78, 5) is 4.14. The van der Waals surface area contributed by atoms with Gasteiger partial charge < -0.3 is 0 Å². The highest BCUT2D eigenvalue weighted by Gasteiger charge is 2.03. The van der Waals surface area contributed by atoms with Crippen LogP contribution in [0, 0.1) is 0 Å². The maximum absolute atomic E-state index is 4.14. The van der Waals surface area contributed by atoms with Gasteiger partial charge in [-0.05, 0) is 29.3 Å². The second-order valence-electron chi connectivity index (χ2n) is 2.64. The highest BCUT2D eigenvalue weighted by atomic mass is 15.5. The number of pyridine rings is 1. The molecule has 0 fully saturated rings. The third-order valence-electron chi connectivity index (χ3n) is 1.81. The van der Waals surface area contributed by atoms with Crippen LogP contribution >= 0.6 is 0 Å². The summed E-state index contributed by atoms with van der Waals surface area (Å²) in [6, 6.07) is 3.94. The number of aromatic amines is 1. The average molecular weight is 175 g/mol. The number of nitrogens with zero attached hydrogens (tertiary/aromatic N) is 4. The number of aryl methyl sites for hydroxylation is 1. The van der Waals surface area contributed by atoms with Crippen molar-refractivity contribution in [2.45, 2.75) is 13.3 Å². The van der Waals surface area contributed by atoms with Crippen molar-refractivity contribution in [3.05, 3.63) is 23.9 Å².